The predicted octanol–water partition coefficient (Wildman–Crippen LogP) is 4.11. The highest BCUT2D eigenvalue weighted by molar-refractivity contribution is 6.33. The van der Waals surface area contributed by atoms with E-state index in [4.69, 9.17) is 27.9 Å². The first-order valence-corrected chi connectivity index (χ1v) is 9.73. The number of nitrogens with one attached hydrogen (secondary N) is 1. The SMILES string of the molecule is COc1ccc(Cl)cc1NC(=O)CN(C)C(=O)c1cn(C)nc1-c1ccccc1Cl. The van der Waals surface area contributed by atoms with E-state index in [9.17, 15) is 9.59 Å². The number of anilines is 1. The lowest BCUT2D eigenvalue weighted by molar-refractivity contribution is -0.116. The number of halogens is 2. The third kappa shape index (κ3) is 4.75. The van der Waals surface area contributed by atoms with E-state index in [1.54, 1.807) is 56.7 Å². The Morgan fingerprint density at radius 3 is 2.63 bits per heavy atom. The van der Waals surface area contributed by atoms with Crippen molar-refractivity contribution < 1.29 is 14.3 Å². The number of rotatable bonds is 6. The van der Waals surface area contributed by atoms with Gasteiger partial charge in [-0.25, -0.2) is 0 Å². The van der Waals surface area contributed by atoms with Crippen molar-refractivity contribution in [3.05, 3.63) is 64.3 Å². The largest absolute Gasteiger partial charge is 0.495 e. The number of benzene rings is 2. The summed E-state index contributed by atoms with van der Waals surface area (Å²) >= 11 is 12.3. The average molecular weight is 447 g/mol. The van der Waals surface area contributed by atoms with Crippen molar-refractivity contribution in [2.45, 2.75) is 0 Å². The van der Waals surface area contributed by atoms with Crippen molar-refractivity contribution >= 4 is 40.7 Å². The lowest BCUT2D eigenvalue weighted by atomic mass is 10.1. The van der Waals surface area contributed by atoms with Gasteiger partial charge < -0.3 is 15.0 Å². The van der Waals surface area contributed by atoms with E-state index in [0.717, 1.165) is 0 Å². The molecule has 9 heteroatoms. The number of carbonyl (C=O) groups is 2. The van der Waals surface area contributed by atoms with Crippen LogP contribution in [0.4, 0.5) is 5.69 Å². The van der Waals surface area contributed by atoms with Crippen molar-refractivity contribution in [2.75, 3.05) is 26.0 Å². The van der Waals surface area contributed by atoms with Gasteiger partial charge >= 0.3 is 0 Å². The molecule has 1 aromatic heterocycles. The highest BCUT2D eigenvalue weighted by atomic mass is 35.5. The highest BCUT2D eigenvalue weighted by Crippen LogP contribution is 2.30. The molecular formula is C21H20Cl2N4O3. The lowest BCUT2D eigenvalue weighted by Gasteiger charge is -2.17. The molecule has 3 rings (SSSR count). The minimum absolute atomic E-state index is 0.175. The Balaban J connectivity index is 1.78. The zero-order valence-electron chi connectivity index (χ0n) is 16.6. The smallest absolute Gasteiger partial charge is 0.257 e. The van der Waals surface area contributed by atoms with Crippen molar-refractivity contribution in [3.63, 3.8) is 0 Å². The van der Waals surface area contributed by atoms with E-state index >= 15 is 0 Å². The van der Waals surface area contributed by atoms with Crippen LogP contribution in [0.2, 0.25) is 10.0 Å². The molecule has 0 bridgehead atoms. The van der Waals surface area contributed by atoms with Gasteiger partial charge in [-0.2, -0.15) is 5.10 Å². The molecule has 1 heterocycles. The molecule has 0 spiro atoms. The number of aryl methyl sites for hydroxylation is 1. The molecule has 156 valence electrons. The fraction of sp³-hybridized carbons (Fsp3) is 0.190. The van der Waals surface area contributed by atoms with Gasteiger partial charge in [-0.3, -0.25) is 14.3 Å². The van der Waals surface area contributed by atoms with Crippen LogP contribution in [0.15, 0.2) is 48.7 Å². The number of hydrogen-bond donors (Lipinski definition) is 1. The highest BCUT2D eigenvalue weighted by Gasteiger charge is 2.23. The van der Waals surface area contributed by atoms with E-state index in [1.807, 2.05) is 6.07 Å². The van der Waals surface area contributed by atoms with Gasteiger partial charge in [0.15, 0.2) is 0 Å². The summed E-state index contributed by atoms with van der Waals surface area (Å²) in [6, 6.07) is 12.0. The van der Waals surface area contributed by atoms with E-state index in [-0.39, 0.29) is 12.5 Å². The molecule has 0 aliphatic heterocycles. The number of methoxy groups -OCH3 is 1. The molecule has 2 aromatic carbocycles. The summed E-state index contributed by atoms with van der Waals surface area (Å²) in [5, 5.41) is 8.03. The topological polar surface area (TPSA) is 76.5 Å². The maximum absolute atomic E-state index is 13.0. The van der Waals surface area contributed by atoms with Crippen LogP contribution in [0.3, 0.4) is 0 Å². The van der Waals surface area contributed by atoms with Crippen molar-refractivity contribution in [2.24, 2.45) is 7.05 Å². The number of hydrogen-bond acceptors (Lipinski definition) is 4. The average Bonchev–Trinajstić information content (AvgIpc) is 3.09. The van der Waals surface area contributed by atoms with Gasteiger partial charge in [-0.15, -0.1) is 0 Å². The Kier molecular flexibility index (Phi) is 6.64. The maximum Gasteiger partial charge on any atom is 0.257 e. The summed E-state index contributed by atoms with van der Waals surface area (Å²) in [4.78, 5) is 26.8. The molecule has 0 unspecified atom stereocenters. The van der Waals surface area contributed by atoms with Gasteiger partial charge in [-0.1, -0.05) is 41.4 Å². The van der Waals surface area contributed by atoms with Crippen LogP contribution in [0.1, 0.15) is 10.4 Å². The quantitative estimate of drug-likeness (QED) is 0.617. The van der Waals surface area contributed by atoms with Gasteiger partial charge in [0.05, 0.1) is 29.9 Å². The molecule has 0 saturated heterocycles. The first-order valence-electron chi connectivity index (χ1n) is 8.97. The summed E-state index contributed by atoms with van der Waals surface area (Å²) < 4.78 is 6.76. The molecule has 30 heavy (non-hydrogen) atoms. The molecule has 0 radical (unpaired) electrons. The van der Waals surface area contributed by atoms with Crippen molar-refractivity contribution in [3.8, 4) is 17.0 Å². The second-order valence-corrected chi connectivity index (χ2v) is 7.44. The van der Waals surface area contributed by atoms with Crippen LogP contribution in [0.25, 0.3) is 11.3 Å². The summed E-state index contributed by atoms with van der Waals surface area (Å²) in [5.41, 5.74) is 1.87. The summed E-state index contributed by atoms with van der Waals surface area (Å²) in [6.45, 7) is -0.175. The Morgan fingerprint density at radius 1 is 1.20 bits per heavy atom. The number of likely N-dealkylation sites (N-methyl/N-ethyl adjacent to an activating group) is 1. The van der Waals surface area contributed by atoms with Crippen molar-refractivity contribution in [1.82, 2.24) is 14.7 Å². The van der Waals surface area contributed by atoms with Gasteiger partial charge in [0.2, 0.25) is 5.91 Å². The minimum Gasteiger partial charge on any atom is -0.495 e. The Hall–Kier alpha value is -3.03. The second-order valence-electron chi connectivity index (χ2n) is 6.60. The van der Waals surface area contributed by atoms with Gasteiger partial charge in [-0.05, 0) is 24.3 Å². The van der Waals surface area contributed by atoms with E-state index in [2.05, 4.69) is 10.4 Å². The molecule has 2 amide bonds. The Morgan fingerprint density at radius 2 is 1.93 bits per heavy atom. The molecule has 0 atom stereocenters. The third-order valence-electron chi connectivity index (χ3n) is 4.35. The summed E-state index contributed by atoms with van der Waals surface area (Å²) in [7, 11) is 4.75. The Bertz CT molecular complexity index is 1100. The molecule has 0 aliphatic rings. The zero-order valence-corrected chi connectivity index (χ0v) is 18.2. The second kappa shape index (κ2) is 9.19. The van der Waals surface area contributed by atoms with E-state index < -0.39 is 5.91 Å². The number of ether oxygens (including phenoxy) is 1. The van der Waals surface area contributed by atoms with Crippen LogP contribution in [0.5, 0.6) is 5.75 Å². The first kappa shape index (κ1) is 21.7. The fourth-order valence-corrected chi connectivity index (χ4v) is 3.35. The molecule has 0 aliphatic carbocycles. The third-order valence-corrected chi connectivity index (χ3v) is 4.92. The molecule has 7 nitrogen and oxygen atoms in total. The van der Waals surface area contributed by atoms with Crippen LogP contribution >= 0.6 is 23.2 Å². The van der Waals surface area contributed by atoms with Gasteiger partial charge in [0.1, 0.15) is 11.4 Å². The zero-order chi connectivity index (χ0) is 21.8. The predicted molar refractivity (Wildman–Crippen MR) is 117 cm³/mol. The van der Waals surface area contributed by atoms with Crippen LogP contribution < -0.4 is 10.1 Å². The monoisotopic (exact) mass is 446 g/mol. The lowest BCUT2D eigenvalue weighted by Crippen LogP contribution is -2.35. The minimum atomic E-state index is -0.394. The van der Waals surface area contributed by atoms with Gasteiger partial charge in [0.25, 0.3) is 5.91 Å². The molecule has 3 aromatic rings. The standard InChI is InChI=1S/C21H20Cl2N4O3/c1-26(12-19(28)24-17-10-13(22)8-9-18(17)30-3)21(29)15-11-27(2)25-20(15)14-6-4-5-7-16(14)23/h4-11H,12H2,1-3H3,(H,24,28). The number of amides is 2. The van der Waals surface area contributed by atoms with Crippen molar-refractivity contribution in [1.29, 1.82) is 0 Å². The van der Waals surface area contributed by atoms with E-state index in [1.165, 1.54) is 16.7 Å². The van der Waals surface area contributed by atoms with Gasteiger partial charge in [0, 0.05) is 30.9 Å². The van der Waals surface area contributed by atoms with E-state index in [0.29, 0.717) is 38.3 Å². The van der Waals surface area contributed by atoms with Crippen LogP contribution in [-0.2, 0) is 11.8 Å². The molecular weight excluding hydrogens is 427 g/mol. The first-order chi connectivity index (χ1) is 14.3. The summed E-state index contributed by atoms with van der Waals surface area (Å²) in [5.74, 6) is -0.282. The molecule has 0 fully saturated rings. The van der Waals surface area contributed by atoms with Crippen LogP contribution in [-0.4, -0.2) is 47.2 Å². The number of carbonyl (C=O) groups excluding carboxylic acids is 2. The number of aromatic nitrogens is 2. The maximum atomic E-state index is 13.0. The Labute approximate surface area is 184 Å². The number of nitrogens with zero attached hydrogens (tertiary/aromatic N) is 3. The summed E-state index contributed by atoms with van der Waals surface area (Å²) in [6.07, 6.45) is 1.61. The fourth-order valence-electron chi connectivity index (χ4n) is 2.96. The molecule has 1 N–H and O–H groups in total. The normalized spacial score (nSPS) is 10.6. The molecule has 0 saturated carbocycles. The van der Waals surface area contributed by atoms with Crippen LogP contribution in [0, 0.1) is 0 Å².